The molecule has 1 aromatic carbocycles. The normalized spacial score (nSPS) is 19.3. The van der Waals surface area contributed by atoms with Crippen molar-refractivity contribution >= 4 is 11.2 Å². The van der Waals surface area contributed by atoms with E-state index in [4.69, 9.17) is 0 Å². The fraction of sp³-hybridized carbons (Fsp3) is 0.353. The molecule has 4 rings (SSSR count). The standard InChI is InChI=1S/C17H18FN5/c18-14-5-1-3-12(9-14)10-23-8-2-4-13(11-23)15-16-17(22-21-15)20-7-6-19-16/h1,3,5-7,9,13H,2,4,8,10-11H2,(H,20,21,22)/t13-/m0/s1. The summed E-state index contributed by atoms with van der Waals surface area (Å²) < 4.78 is 13.3. The van der Waals surface area contributed by atoms with Gasteiger partial charge in [-0.3, -0.25) is 10.00 Å². The molecular weight excluding hydrogens is 293 g/mol. The van der Waals surface area contributed by atoms with Gasteiger partial charge in [0.2, 0.25) is 0 Å². The van der Waals surface area contributed by atoms with Crippen LogP contribution in [0, 0.1) is 5.82 Å². The molecule has 1 aliphatic heterocycles. The molecule has 2 aromatic heterocycles. The molecule has 0 aliphatic carbocycles. The number of aromatic amines is 1. The van der Waals surface area contributed by atoms with E-state index in [1.807, 2.05) is 6.07 Å². The first-order valence-corrected chi connectivity index (χ1v) is 7.91. The number of hydrogen-bond donors (Lipinski definition) is 1. The zero-order valence-electron chi connectivity index (χ0n) is 12.7. The number of piperidine rings is 1. The van der Waals surface area contributed by atoms with Crippen molar-refractivity contribution in [2.75, 3.05) is 13.1 Å². The maximum absolute atomic E-state index is 13.3. The number of nitrogens with zero attached hydrogens (tertiary/aromatic N) is 4. The summed E-state index contributed by atoms with van der Waals surface area (Å²) in [5.41, 5.74) is 3.62. The number of rotatable bonds is 3. The van der Waals surface area contributed by atoms with Crippen LogP contribution in [-0.4, -0.2) is 38.2 Å². The third kappa shape index (κ3) is 2.94. The van der Waals surface area contributed by atoms with E-state index in [1.165, 1.54) is 6.07 Å². The largest absolute Gasteiger partial charge is 0.298 e. The summed E-state index contributed by atoms with van der Waals surface area (Å²) >= 11 is 0. The Balaban J connectivity index is 1.53. The van der Waals surface area contributed by atoms with Gasteiger partial charge in [-0.25, -0.2) is 14.4 Å². The van der Waals surface area contributed by atoms with Crippen molar-refractivity contribution in [3.05, 3.63) is 53.7 Å². The van der Waals surface area contributed by atoms with Crippen LogP contribution in [0.3, 0.4) is 0 Å². The summed E-state index contributed by atoms with van der Waals surface area (Å²) in [5.74, 6) is 0.185. The van der Waals surface area contributed by atoms with Crippen molar-refractivity contribution in [2.45, 2.75) is 25.3 Å². The maximum atomic E-state index is 13.3. The van der Waals surface area contributed by atoms with Gasteiger partial charge in [0, 0.05) is 31.4 Å². The predicted octanol–water partition coefficient (Wildman–Crippen LogP) is 2.87. The lowest BCUT2D eigenvalue weighted by Gasteiger charge is -2.32. The van der Waals surface area contributed by atoms with Crippen LogP contribution < -0.4 is 0 Å². The molecule has 0 radical (unpaired) electrons. The number of likely N-dealkylation sites (tertiary alicyclic amines) is 1. The second-order valence-electron chi connectivity index (χ2n) is 6.07. The highest BCUT2D eigenvalue weighted by molar-refractivity contribution is 5.72. The SMILES string of the molecule is Fc1cccc(CN2CCC[C@H](c3[nH]nc4nccnc34)C2)c1. The number of halogens is 1. The molecule has 0 unspecified atom stereocenters. The minimum atomic E-state index is -0.175. The Labute approximate surface area is 133 Å². The van der Waals surface area contributed by atoms with E-state index in [1.54, 1.807) is 24.5 Å². The van der Waals surface area contributed by atoms with Crippen molar-refractivity contribution in [1.29, 1.82) is 0 Å². The zero-order valence-corrected chi connectivity index (χ0v) is 12.7. The van der Waals surface area contributed by atoms with Crippen LogP contribution in [0.5, 0.6) is 0 Å². The number of H-pyrrole nitrogens is 1. The molecule has 1 aliphatic rings. The second kappa shape index (κ2) is 6.04. The molecular formula is C17H18FN5. The summed E-state index contributed by atoms with van der Waals surface area (Å²) in [7, 11) is 0. The van der Waals surface area contributed by atoms with E-state index in [0.29, 0.717) is 11.6 Å². The van der Waals surface area contributed by atoms with Gasteiger partial charge >= 0.3 is 0 Å². The molecule has 0 saturated carbocycles. The van der Waals surface area contributed by atoms with E-state index in [2.05, 4.69) is 25.1 Å². The van der Waals surface area contributed by atoms with Crippen LogP contribution >= 0.6 is 0 Å². The lowest BCUT2D eigenvalue weighted by molar-refractivity contribution is 0.198. The van der Waals surface area contributed by atoms with Crippen LogP contribution in [0.2, 0.25) is 0 Å². The Bertz CT molecular complexity index is 815. The molecule has 23 heavy (non-hydrogen) atoms. The molecule has 0 amide bonds. The van der Waals surface area contributed by atoms with Gasteiger partial charge in [0.1, 0.15) is 11.3 Å². The fourth-order valence-corrected chi connectivity index (χ4v) is 3.38. The second-order valence-corrected chi connectivity index (χ2v) is 6.07. The number of benzene rings is 1. The molecule has 1 fully saturated rings. The topological polar surface area (TPSA) is 57.7 Å². The van der Waals surface area contributed by atoms with Crippen molar-refractivity contribution in [2.24, 2.45) is 0 Å². The quantitative estimate of drug-likeness (QED) is 0.808. The predicted molar refractivity (Wildman–Crippen MR) is 85.3 cm³/mol. The summed E-state index contributed by atoms with van der Waals surface area (Å²) in [6.07, 6.45) is 5.58. The molecule has 6 heteroatoms. The number of aromatic nitrogens is 4. The van der Waals surface area contributed by atoms with Crippen LogP contribution in [0.4, 0.5) is 4.39 Å². The van der Waals surface area contributed by atoms with E-state index < -0.39 is 0 Å². The molecule has 1 atom stereocenters. The van der Waals surface area contributed by atoms with Crippen molar-refractivity contribution < 1.29 is 4.39 Å². The molecule has 118 valence electrons. The maximum Gasteiger partial charge on any atom is 0.199 e. The number of fused-ring (bicyclic) bond motifs is 1. The number of hydrogen-bond acceptors (Lipinski definition) is 4. The Morgan fingerprint density at radius 1 is 1.26 bits per heavy atom. The first-order chi connectivity index (χ1) is 11.3. The summed E-state index contributed by atoms with van der Waals surface area (Å²) in [4.78, 5) is 11.0. The van der Waals surface area contributed by atoms with Gasteiger partial charge in [0.15, 0.2) is 5.65 Å². The van der Waals surface area contributed by atoms with Crippen LogP contribution in [-0.2, 0) is 6.54 Å². The average Bonchev–Trinajstić information content (AvgIpc) is 2.99. The fourth-order valence-electron chi connectivity index (χ4n) is 3.38. The first-order valence-electron chi connectivity index (χ1n) is 7.91. The molecule has 3 heterocycles. The van der Waals surface area contributed by atoms with Gasteiger partial charge in [-0.05, 0) is 37.1 Å². The lowest BCUT2D eigenvalue weighted by Crippen LogP contribution is -2.34. The van der Waals surface area contributed by atoms with E-state index in [-0.39, 0.29) is 5.82 Å². The Morgan fingerprint density at radius 3 is 3.09 bits per heavy atom. The molecule has 1 N–H and O–H groups in total. The Hall–Kier alpha value is -2.34. The van der Waals surface area contributed by atoms with Crippen molar-refractivity contribution in [3.63, 3.8) is 0 Å². The third-order valence-corrected chi connectivity index (χ3v) is 4.43. The van der Waals surface area contributed by atoms with Crippen LogP contribution in [0.1, 0.15) is 30.0 Å². The van der Waals surface area contributed by atoms with Gasteiger partial charge < -0.3 is 0 Å². The van der Waals surface area contributed by atoms with Gasteiger partial charge in [0.25, 0.3) is 0 Å². The van der Waals surface area contributed by atoms with Gasteiger partial charge in [-0.2, -0.15) is 5.10 Å². The van der Waals surface area contributed by atoms with Gasteiger partial charge in [-0.1, -0.05) is 12.1 Å². The zero-order chi connectivity index (χ0) is 15.6. The molecule has 3 aromatic rings. The van der Waals surface area contributed by atoms with E-state index >= 15 is 0 Å². The monoisotopic (exact) mass is 311 g/mol. The average molecular weight is 311 g/mol. The summed E-state index contributed by atoms with van der Waals surface area (Å²) in [5, 5.41) is 7.36. The highest BCUT2D eigenvalue weighted by Gasteiger charge is 2.25. The minimum Gasteiger partial charge on any atom is -0.298 e. The highest BCUT2D eigenvalue weighted by Crippen LogP contribution is 2.29. The Morgan fingerprint density at radius 2 is 2.17 bits per heavy atom. The highest BCUT2D eigenvalue weighted by atomic mass is 19.1. The van der Waals surface area contributed by atoms with Crippen molar-refractivity contribution in [3.8, 4) is 0 Å². The van der Waals surface area contributed by atoms with Crippen LogP contribution in [0.25, 0.3) is 11.2 Å². The summed E-state index contributed by atoms with van der Waals surface area (Å²) in [6, 6.07) is 6.84. The summed E-state index contributed by atoms with van der Waals surface area (Å²) in [6.45, 7) is 2.72. The third-order valence-electron chi connectivity index (χ3n) is 4.43. The smallest absolute Gasteiger partial charge is 0.199 e. The molecule has 0 spiro atoms. The molecule has 5 nitrogen and oxygen atoms in total. The lowest BCUT2D eigenvalue weighted by atomic mass is 9.94. The molecule has 1 saturated heterocycles. The van der Waals surface area contributed by atoms with E-state index in [0.717, 1.165) is 49.2 Å². The van der Waals surface area contributed by atoms with Crippen molar-refractivity contribution in [1.82, 2.24) is 25.1 Å². The first kappa shape index (κ1) is 14.3. The van der Waals surface area contributed by atoms with Gasteiger partial charge in [0.05, 0.1) is 5.69 Å². The molecule has 0 bridgehead atoms. The minimum absolute atomic E-state index is 0.175. The van der Waals surface area contributed by atoms with Crippen LogP contribution in [0.15, 0.2) is 36.7 Å². The van der Waals surface area contributed by atoms with Gasteiger partial charge in [-0.15, -0.1) is 0 Å². The van der Waals surface area contributed by atoms with E-state index in [9.17, 15) is 4.39 Å². The number of nitrogens with one attached hydrogen (secondary N) is 1. The Kier molecular flexibility index (Phi) is 3.75.